The first-order valence-electron chi connectivity index (χ1n) is 29.8. The van der Waals surface area contributed by atoms with Gasteiger partial charge in [-0.1, -0.05) is 270 Å². The van der Waals surface area contributed by atoms with Crippen LogP contribution in [0.2, 0.25) is 0 Å². The number of hydrogen-bond donors (Lipinski definition) is 0. The van der Waals surface area contributed by atoms with E-state index in [1.54, 1.807) is 0 Å². The Kier molecular flexibility index (Phi) is 54.7. The molecule has 0 heterocycles. The minimum Gasteiger partial charge on any atom is -0.462 e. The van der Waals surface area contributed by atoms with Gasteiger partial charge in [0.2, 0.25) is 0 Å². The second kappa shape index (κ2) is 56.5. The summed E-state index contributed by atoms with van der Waals surface area (Å²) in [5, 5.41) is 0. The Labute approximate surface area is 417 Å². The highest BCUT2D eigenvalue weighted by Crippen LogP contribution is 2.17. The van der Waals surface area contributed by atoms with Gasteiger partial charge in [-0.15, -0.1) is 0 Å². The molecule has 0 aromatic heterocycles. The Hall–Kier alpha value is -2.11. The van der Waals surface area contributed by atoms with E-state index in [-0.39, 0.29) is 31.1 Å². The van der Waals surface area contributed by atoms with E-state index in [9.17, 15) is 14.4 Å². The third-order valence-electron chi connectivity index (χ3n) is 13.4. The van der Waals surface area contributed by atoms with E-state index in [0.717, 1.165) is 64.2 Å². The Balaban J connectivity index is 4.27. The topological polar surface area (TPSA) is 78.9 Å². The number of ether oxygens (including phenoxy) is 3. The van der Waals surface area contributed by atoms with Gasteiger partial charge in [-0.05, 0) is 64.2 Å². The van der Waals surface area contributed by atoms with Gasteiger partial charge < -0.3 is 14.2 Å². The average molecular weight is 944 g/mol. The van der Waals surface area contributed by atoms with Crippen LogP contribution in [0.15, 0.2) is 24.3 Å². The van der Waals surface area contributed by atoms with Crippen LogP contribution in [0.4, 0.5) is 0 Å². The molecule has 0 N–H and O–H groups in total. The molecule has 394 valence electrons. The molecule has 0 radical (unpaired) electrons. The molecule has 0 aliphatic heterocycles. The summed E-state index contributed by atoms with van der Waals surface area (Å²) in [6, 6.07) is 0. The SMILES string of the molecule is CCCC/C=C\CCCCCCCC(=O)OC[C@@H](COC(=O)CCCCCCCCCCC/C=C\CCCCCCCC)OC(=O)CCCCCCCCCCCCCCCCCCCCC. The third kappa shape index (κ3) is 54.7. The van der Waals surface area contributed by atoms with Crippen molar-refractivity contribution in [3.8, 4) is 0 Å². The van der Waals surface area contributed by atoms with Crippen molar-refractivity contribution in [3.63, 3.8) is 0 Å². The van der Waals surface area contributed by atoms with Crippen LogP contribution in [-0.2, 0) is 28.6 Å². The molecule has 0 aliphatic rings. The van der Waals surface area contributed by atoms with Gasteiger partial charge in [0.1, 0.15) is 13.2 Å². The lowest BCUT2D eigenvalue weighted by Crippen LogP contribution is -2.30. The maximum absolute atomic E-state index is 12.9. The van der Waals surface area contributed by atoms with E-state index in [1.807, 2.05) is 0 Å². The first-order chi connectivity index (χ1) is 33.0. The zero-order chi connectivity index (χ0) is 48.6. The average Bonchev–Trinajstić information content (AvgIpc) is 3.33. The molecule has 0 rings (SSSR count). The maximum atomic E-state index is 12.9. The molecule has 1 atom stereocenters. The van der Waals surface area contributed by atoms with Crippen LogP contribution < -0.4 is 0 Å². The molecule has 0 aromatic carbocycles. The molecule has 0 unspecified atom stereocenters. The van der Waals surface area contributed by atoms with E-state index in [1.165, 1.54) is 225 Å². The summed E-state index contributed by atoms with van der Waals surface area (Å²) in [5.41, 5.74) is 0. The molecule has 0 saturated carbocycles. The molecular weight excluding hydrogens is 829 g/mol. The fourth-order valence-corrected chi connectivity index (χ4v) is 8.89. The van der Waals surface area contributed by atoms with Crippen LogP contribution in [0.3, 0.4) is 0 Å². The second-order valence-electron chi connectivity index (χ2n) is 20.3. The largest absolute Gasteiger partial charge is 0.462 e. The molecule has 0 amide bonds. The Morgan fingerprint density at radius 2 is 0.507 bits per heavy atom. The highest BCUT2D eigenvalue weighted by Gasteiger charge is 2.19. The summed E-state index contributed by atoms with van der Waals surface area (Å²) < 4.78 is 16.9. The number of carbonyl (C=O) groups excluding carboxylic acids is 3. The van der Waals surface area contributed by atoms with Crippen molar-refractivity contribution in [3.05, 3.63) is 24.3 Å². The first-order valence-corrected chi connectivity index (χ1v) is 29.8. The molecule has 0 bridgehead atoms. The normalized spacial score (nSPS) is 12.1. The summed E-state index contributed by atoms with van der Waals surface area (Å²) in [4.78, 5) is 38.1. The third-order valence-corrected chi connectivity index (χ3v) is 13.4. The Morgan fingerprint density at radius 3 is 0.791 bits per heavy atom. The van der Waals surface area contributed by atoms with Gasteiger partial charge in [-0.2, -0.15) is 0 Å². The molecule has 0 aromatic rings. The standard InChI is InChI=1S/C61H114O6/c1-4-7-10-13-16-19-22-24-26-28-30-32-34-36-39-42-45-48-51-54-60(63)66-57-58(56-65-59(62)53-50-47-44-41-38-21-18-15-12-9-6-3)67-61(64)55-52-49-46-43-40-37-35-33-31-29-27-25-23-20-17-14-11-8-5-2/h15,18,24,26,58H,4-14,16-17,19-23,25,27-57H2,1-3H3/b18-15-,26-24-/t58-/m0/s1. The molecule has 67 heavy (non-hydrogen) atoms. The van der Waals surface area contributed by atoms with Crippen LogP contribution in [-0.4, -0.2) is 37.2 Å². The van der Waals surface area contributed by atoms with E-state index in [4.69, 9.17) is 14.2 Å². The molecule has 6 nitrogen and oxygen atoms in total. The van der Waals surface area contributed by atoms with Crippen LogP contribution in [0.5, 0.6) is 0 Å². The van der Waals surface area contributed by atoms with Crippen LogP contribution >= 0.6 is 0 Å². The van der Waals surface area contributed by atoms with Gasteiger partial charge in [-0.3, -0.25) is 14.4 Å². The molecule has 0 spiro atoms. The van der Waals surface area contributed by atoms with Crippen LogP contribution in [0.25, 0.3) is 0 Å². The zero-order valence-electron chi connectivity index (χ0n) is 45.2. The lowest BCUT2D eigenvalue weighted by Gasteiger charge is -2.18. The highest BCUT2D eigenvalue weighted by atomic mass is 16.6. The fraction of sp³-hybridized carbons (Fsp3) is 0.885. The van der Waals surface area contributed by atoms with E-state index >= 15 is 0 Å². The van der Waals surface area contributed by atoms with Crippen molar-refractivity contribution >= 4 is 17.9 Å². The summed E-state index contributed by atoms with van der Waals surface area (Å²) in [6.07, 6.45) is 66.0. The molecule has 0 fully saturated rings. The summed E-state index contributed by atoms with van der Waals surface area (Å²) >= 11 is 0. The van der Waals surface area contributed by atoms with Gasteiger partial charge in [0.25, 0.3) is 0 Å². The molecule has 6 heteroatoms. The fourth-order valence-electron chi connectivity index (χ4n) is 8.89. The summed E-state index contributed by atoms with van der Waals surface area (Å²) in [6.45, 7) is 6.64. The Bertz CT molecular complexity index is 1080. The number of unbranched alkanes of at least 4 members (excludes halogenated alkanes) is 40. The number of hydrogen-bond acceptors (Lipinski definition) is 6. The van der Waals surface area contributed by atoms with Crippen molar-refractivity contribution < 1.29 is 28.6 Å². The quantitative estimate of drug-likeness (QED) is 0.0262. The highest BCUT2D eigenvalue weighted by molar-refractivity contribution is 5.71. The zero-order valence-corrected chi connectivity index (χ0v) is 45.2. The smallest absolute Gasteiger partial charge is 0.306 e. The van der Waals surface area contributed by atoms with Crippen molar-refractivity contribution in [1.29, 1.82) is 0 Å². The van der Waals surface area contributed by atoms with Crippen LogP contribution in [0.1, 0.15) is 329 Å². The lowest BCUT2D eigenvalue weighted by molar-refractivity contribution is -0.167. The van der Waals surface area contributed by atoms with Crippen molar-refractivity contribution in [2.24, 2.45) is 0 Å². The number of allylic oxidation sites excluding steroid dienone is 4. The molecule has 0 aliphatic carbocycles. The molecular formula is C61H114O6. The minimum absolute atomic E-state index is 0.0706. The van der Waals surface area contributed by atoms with Crippen LogP contribution in [0, 0.1) is 0 Å². The van der Waals surface area contributed by atoms with Gasteiger partial charge in [0.15, 0.2) is 6.10 Å². The maximum Gasteiger partial charge on any atom is 0.306 e. The Morgan fingerprint density at radius 1 is 0.284 bits per heavy atom. The van der Waals surface area contributed by atoms with E-state index in [2.05, 4.69) is 45.1 Å². The summed E-state index contributed by atoms with van der Waals surface area (Å²) in [7, 11) is 0. The second-order valence-corrected chi connectivity index (χ2v) is 20.3. The predicted molar refractivity (Wildman–Crippen MR) is 289 cm³/mol. The first kappa shape index (κ1) is 64.9. The van der Waals surface area contributed by atoms with Crippen molar-refractivity contribution in [2.75, 3.05) is 13.2 Å². The number of esters is 3. The van der Waals surface area contributed by atoms with Gasteiger partial charge in [-0.25, -0.2) is 0 Å². The van der Waals surface area contributed by atoms with Gasteiger partial charge >= 0.3 is 17.9 Å². The van der Waals surface area contributed by atoms with Gasteiger partial charge in [0, 0.05) is 19.3 Å². The van der Waals surface area contributed by atoms with E-state index < -0.39 is 6.10 Å². The molecule has 0 saturated heterocycles. The predicted octanol–water partition coefficient (Wildman–Crippen LogP) is 19.9. The number of rotatable bonds is 55. The monoisotopic (exact) mass is 943 g/mol. The summed E-state index contributed by atoms with van der Waals surface area (Å²) in [5.74, 6) is -0.861. The van der Waals surface area contributed by atoms with Gasteiger partial charge in [0.05, 0.1) is 0 Å². The number of carbonyl (C=O) groups is 3. The minimum atomic E-state index is -0.771. The van der Waals surface area contributed by atoms with E-state index in [0.29, 0.717) is 19.3 Å². The van der Waals surface area contributed by atoms with Crippen molar-refractivity contribution in [2.45, 2.75) is 335 Å². The van der Waals surface area contributed by atoms with Crippen molar-refractivity contribution in [1.82, 2.24) is 0 Å². The lowest BCUT2D eigenvalue weighted by atomic mass is 10.0.